The first-order valence-corrected chi connectivity index (χ1v) is 9.36. The Morgan fingerprint density at radius 2 is 2.00 bits per heavy atom. The fourth-order valence-corrected chi connectivity index (χ4v) is 4.32. The van der Waals surface area contributed by atoms with Crippen molar-refractivity contribution < 1.29 is 23.1 Å². The highest BCUT2D eigenvalue weighted by Crippen LogP contribution is 2.24. The summed E-state index contributed by atoms with van der Waals surface area (Å²) in [6.07, 6.45) is -0.0577. The van der Waals surface area contributed by atoms with Gasteiger partial charge < -0.3 is 20.5 Å². The van der Waals surface area contributed by atoms with Gasteiger partial charge in [-0.05, 0) is 25.0 Å². The number of nitrogens with zero attached hydrogens (tertiary/aromatic N) is 1. The Balaban J connectivity index is 1.67. The summed E-state index contributed by atoms with van der Waals surface area (Å²) in [5.74, 6) is 0.546. The molecule has 24 heavy (non-hydrogen) atoms. The van der Waals surface area contributed by atoms with Crippen molar-refractivity contribution in [2.45, 2.75) is 29.9 Å². The molecule has 3 N–H and O–H groups in total. The molecule has 2 aliphatic heterocycles. The molecule has 132 valence electrons. The van der Waals surface area contributed by atoms with E-state index in [2.05, 4.69) is 10.6 Å². The molecule has 1 amide bonds. The Bertz CT molecular complexity index is 697. The number of nitrogens with one attached hydrogen (secondary N) is 2. The van der Waals surface area contributed by atoms with E-state index in [1.165, 1.54) is 4.31 Å². The number of piperidine rings is 1. The molecule has 0 spiro atoms. The van der Waals surface area contributed by atoms with Gasteiger partial charge in [0.15, 0.2) is 0 Å². The molecule has 1 aromatic rings. The summed E-state index contributed by atoms with van der Waals surface area (Å²) >= 11 is 0. The molecular weight excluding hydrogens is 334 g/mol. The summed E-state index contributed by atoms with van der Waals surface area (Å²) in [6, 6.07) is 6.33. The monoisotopic (exact) mass is 355 g/mol. The second-order valence-electron chi connectivity index (χ2n) is 6.00. The van der Waals surface area contributed by atoms with Gasteiger partial charge in [0, 0.05) is 38.3 Å². The van der Waals surface area contributed by atoms with E-state index >= 15 is 0 Å². The van der Waals surface area contributed by atoms with Crippen LogP contribution >= 0.6 is 0 Å². The van der Waals surface area contributed by atoms with Gasteiger partial charge in [-0.25, -0.2) is 13.2 Å². The molecular formula is C15H21N3O5S. The highest BCUT2D eigenvalue weighted by Gasteiger charge is 2.30. The number of hydrogen-bond donors (Lipinski definition) is 3. The molecule has 9 heteroatoms. The first kappa shape index (κ1) is 17.0. The van der Waals surface area contributed by atoms with Gasteiger partial charge in [-0.2, -0.15) is 4.31 Å². The van der Waals surface area contributed by atoms with E-state index in [4.69, 9.17) is 9.84 Å². The van der Waals surface area contributed by atoms with Crippen LogP contribution in [0, 0.1) is 0 Å². The lowest BCUT2D eigenvalue weighted by molar-refractivity contribution is 0.142. The maximum Gasteiger partial charge on any atom is 0.404 e. The lowest BCUT2D eigenvalue weighted by atomic mass is 10.1. The van der Waals surface area contributed by atoms with E-state index in [1.807, 2.05) is 0 Å². The van der Waals surface area contributed by atoms with E-state index in [0.29, 0.717) is 31.7 Å². The number of amides is 1. The first-order chi connectivity index (χ1) is 11.4. The third-order valence-electron chi connectivity index (χ3n) is 4.27. The van der Waals surface area contributed by atoms with Crippen molar-refractivity contribution in [2.24, 2.45) is 0 Å². The molecule has 0 bridgehead atoms. The number of benzene rings is 1. The molecule has 0 radical (unpaired) electrons. The summed E-state index contributed by atoms with van der Waals surface area (Å²) in [6.45, 7) is 2.12. The van der Waals surface area contributed by atoms with Crippen molar-refractivity contribution in [3.8, 4) is 5.75 Å². The van der Waals surface area contributed by atoms with Crippen LogP contribution in [0.1, 0.15) is 12.8 Å². The summed E-state index contributed by atoms with van der Waals surface area (Å²) in [5, 5.41) is 14.2. The van der Waals surface area contributed by atoms with Gasteiger partial charge in [-0.15, -0.1) is 0 Å². The fourth-order valence-electron chi connectivity index (χ4n) is 2.81. The molecule has 0 aromatic heterocycles. The van der Waals surface area contributed by atoms with E-state index in [-0.39, 0.29) is 17.0 Å². The molecule has 2 aliphatic rings. The van der Waals surface area contributed by atoms with Crippen LogP contribution in [0.5, 0.6) is 5.75 Å². The highest BCUT2D eigenvalue weighted by molar-refractivity contribution is 7.89. The van der Waals surface area contributed by atoms with Gasteiger partial charge in [-0.1, -0.05) is 6.07 Å². The summed E-state index contributed by atoms with van der Waals surface area (Å²) in [5.41, 5.74) is 0. The largest absolute Gasteiger partial charge is 0.488 e. The Morgan fingerprint density at radius 3 is 2.58 bits per heavy atom. The van der Waals surface area contributed by atoms with Crippen LogP contribution in [0.3, 0.4) is 0 Å². The average molecular weight is 355 g/mol. The second kappa shape index (κ2) is 6.96. The molecule has 0 atom stereocenters. The van der Waals surface area contributed by atoms with Crippen molar-refractivity contribution >= 4 is 16.1 Å². The zero-order valence-corrected chi connectivity index (χ0v) is 14.0. The normalized spacial score (nSPS) is 20.3. The van der Waals surface area contributed by atoms with Crippen molar-refractivity contribution in [3.05, 3.63) is 24.3 Å². The summed E-state index contributed by atoms with van der Waals surface area (Å²) in [7, 11) is -3.60. The topological polar surface area (TPSA) is 108 Å². The molecule has 2 heterocycles. The van der Waals surface area contributed by atoms with Crippen molar-refractivity contribution in [1.29, 1.82) is 0 Å². The summed E-state index contributed by atoms with van der Waals surface area (Å²) < 4.78 is 32.6. The number of carboxylic acid groups (broad SMARTS) is 1. The van der Waals surface area contributed by atoms with Crippen molar-refractivity contribution in [1.82, 2.24) is 14.9 Å². The van der Waals surface area contributed by atoms with Gasteiger partial charge in [0.05, 0.1) is 4.90 Å². The van der Waals surface area contributed by atoms with Gasteiger partial charge in [0.25, 0.3) is 0 Å². The predicted octanol–water partition coefficient (Wildman–Crippen LogP) is 0.458. The van der Waals surface area contributed by atoms with E-state index in [1.54, 1.807) is 24.3 Å². The zero-order valence-electron chi connectivity index (χ0n) is 13.1. The number of carbonyl (C=O) groups is 1. The third-order valence-corrected chi connectivity index (χ3v) is 6.17. The maximum absolute atomic E-state index is 12.8. The standard InChI is InChI=1S/C15H21N3O5S/c19-15(20)17-11-4-6-18(7-5-11)24(21,22)14-3-1-2-12(8-14)23-13-9-16-10-13/h1-3,8,11,13,16-17H,4-7,9-10H2,(H,19,20). The van der Waals surface area contributed by atoms with Crippen LogP contribution in [-0.2, 0) is 10.0 Å². The Kier molecular flexibility index (Phi) is 4.93. The summed E-state index contributed by atoms with van der Waals surface area (Å²) in [4.78, 5) is 10.9. The second-order valence-corrected chi connectivity index (χ2v) is 7.94. The minimum absolute atomic E-state index is 0.0841. The smallest absolute Gasteiger partial charge is 0.404 e. The maximum atomic E-state index is 12.8. The zero-order chi connectivity index (χ0) is 17.2. The Hall–Kier alpha value is -1.84. The highest BCUT2D eigenvalue weighted by atomic mass is 32.2. The molecule has 0 saturated carbocycles. The molecule has 0 aliphatic carbocycles. The van der Waals surface area contributed by atoms with Crippen LogP contribution < -0.4 is 15.4 Å². The SMILES string of the molecule is O=C(O)NC1CCN(S(=O)(=O)c2cccc(OC3CNC3)c2)CC1. The minimum atomic E-state index is -3.60. The van der Waals surface area contributed by atoms with Crippen LogP contribution in [0.2, 0.25) is 0 Å². The first-order valence-electron chi connectivity index (χ1n) is 7.92. The van der Waals surface area contributed by atoms with Gasteiger partial charge >= 0.3 is 6.09 Å². The van der Waals surface area contributed by atoms with Gasteiger partial charge in [0.1, 0.15) is 11.9 Å². The fraction of sp³-hybridized carbons (Fsp3) is 0.533. The van der Waals surface area contributed by atoms with Gasteiger partial charge in [0.2, 0.25) is 10.0 Å². The molecule has 2 fully saturated rings. The van der Waals surface area contributed by atoms with Crippen LogP contribution in [0.25, 0.3) is 0 Å². The van der Waals surface area contributed by atoms with Crippen molar-refractivity contribution in [2.75, 3.05) is 26.2 Å². The average Bonchev–Trinajstić information content (AvgIpc) is 2.51. The van der Waals surface area contributed by atoms with Crippen LogP contribution in [0.15, 0.2) is 29.2 Å². The Labute approximate surface area is 140 Å². The van der Waals surface area contributed by atoms with E-state index in [9.17, 15) is 13.2 Å². The Morgan fingerprint density at radius 1 is 1.29 bits per heavy atom. The predicted molar refractivity (Wildman–Crippen MR) is 86.7 cm³/mol. The molecule has 8 nitrogen and oxygen atoms in total. The molecule has 2 saturated heterocycles. The number of ether oxygens (including phenoxy) is 1. The number of sulfonamides is 1. The van der Waals surface area contributed by atoms with E-state index < -0.39 is 16.1 Å². The number of hydrogen-bond acceptors (Lipinski definition) is 5. The molecule has 0 unspecified atom stereocenters. The van der Waals surface area contributed by atoms with E-state index in [0.717, 1.165) is 13.1 Å². The van der Waals surface area contributed by atoms with Crippen LogP contribution in [0.4, 0.5) is 4.79 Å². The lowest BCUT2D eigenvalue weighted by Gasteiger charge is -2.31. The molecule has 3 rings (SSSR count). The minimum Gasteiger partial charge on any atom is -0.488 e. The third kappa shape index (κ3) is 3.80. The van der Waals surface area contributed by atoms with Crippen molar-refractivity contribution in [3.63, 3.8) is 0 Å². The lowest BCUT2D eigenvalue weighted by Crippen LogP contribution is -2.50. The number of rotatable bonds is 5. The van der Waals surface area contributed by atoms with Gasteiger partial charge in [-0.3, -0.25) is 0 Å². The van der Waals surface area contributed by atoms with Crippen LogP contribution in [-0.4, -0.2) is 62.2 Å². The molecule has 1 aromatic carbocycles. The quantitative estimate of drug-likeness (QED) is 0.708.